The molecule has 1 unspecified atom stereocenters. The topological polar surface area (TPSA) is 37.3 Å². The largest absolute Gasteiger partial charge is 0.481 e. The number of carboxylic acids is 1. The standard InChI is InChI=1S/C12H12F4O2/c1-6(2)10(11(17)18)8-5-7(12(14,15)16)3-4-9(8)13/h3-6,10H,1-2H3,(H,17,18). The Labute approximate surface area is 101 Å². The predicted octanol–water partition coefficient (Wildman–Crippen LogP) is 3.67. The maximum Gasteiger partial charge on any atom is 0.416 e. The van der Waals surface area contributed by atoms with Gasteiger partial charge in [-0.2, -0.15) is 13.2 Å². The molecule has 0 aromatic heterocycles. The Morgan fingerprint density at radius 2 is 1.83 bits per heavy atom. The molecule has 0 bridgehead atoms. The molecule has 18 heavy (non-hydrogen) atoms. The Morgan fingerprint density at radius 1 is 1.28 bits per heavy atom. The first-order chi connectivity index (χ1) is 8.14. The Balaban J connectivity index is 3.34. The van der Waals surface area contributed by atoms with E-state index in [1.165, 1.54) is 13.8 Å². The van der Waals surface area contributed by atoms with Crippen LogP contribution in [0.2, 0.25) is 0 Å². The lowest BCUT2D eigenvalue weighted by Crippen LogP contribution is -2.20. The quantitative estimate of drug-likeness (QED) is 0.846. The van der Waals surface area contributed by atoms with Crippen LogP contribution in [0.15, 0.2) is 18.2 Å². The van der Waals surface area contributed by atoms with Crippen molar-refractivity contribution in [3.8, 4) is 0 Å². The first-order valence-electron chi connectivity index (χ1n) is 5.24. The van der Waals surface area contributed by atoms with Crippen LogP contribution in [0.1, 0.15) is 30.9 Å². The second-order valence-electron chi connectivity index (χ2n) is 4.29. The van der Waals surface area contributed by atoms with Crippen LogP contribution in [0.4, 0.5) is 17.6 Å². The van der Waals surface area contributed by atoms with E-state index < -0.39 is 40.9 Å². The van der Waals surface area contributed by atoms with Crippen molar-refractivity contribution in [3.63, 3.8) is 0 Å². The summed E-state index contributed by atoms with van der Waals surface area (Å²) >= 11 is 0. The van der Waals surface area contributed by atoms with Gasteiger partial charge in [-0.1, -0.05) is 13.8 Å². The first-order valence-corrected chi connectivity index (χ1v) is 5.24. The normalized spacial score (nSPS) is 13.7. The summed E-state index contributed by atoms with van der Waals surface area (Å²) in [5, 5.41) is 8.97. The van der Waals surface area contributed by atoms with Gasteiger partial charge in [-0.25, -0.2) is 4.39 Å². The van der Waals surface area contributed by atoms with E-state index in [2.05, 4.69) is 0 Å². The lowest BCUT2D eigenvalue weighted by Gasteiger charge is -2.18. The van der Waals surface area contributed by atoms with Crippen LogP contribution in [0, 0.1) is 11.7 Å². The molecule has 1 aromatic carbocycles. The average molecular weight is 264 g/mol. The van der Waals surface area contributed by atoms with E-state index in [4.69, 9.17) is 5.11 Å². The number of hydrogen-bond acceptors (Lipinski definition) is 1. The number of hydrogen-bond donors (Lipinski definition) is 1. The highest BCUT2D eigenvalue weighted by molar-refractivity contribution is 5.76. The van der Waals surface area contributed by atoms with Gasteiger partial charge >= 0.3 is 12.1 Å². The van der Waals surface area contributed by atoms with Crippen LogP contribution in [0.25, 0.3) is 0 Å². The smallest absolute Gasteiger partial charge is 0.416 e. The zero-order chi connectivity index (χ0) is 14.1. The number of benzene rings is 1. The summed E-state index contributed by atoms with van der Waals surface area (Å²) in [6.07, 6.45) is -4.62. The van der Waals surface area contributed by atoms with Crippen molar-refractivity contribution in [3.05, 3.63) is 35.1 Å². The molecule has 0 aliphatic heterocycles. The molecular formula is C12H12F4O2. The Morgan fingerprint density at radius 3 is 2.22 bits per heavy atom. The molecule has 0 amide bonds. The van der Waals surface area contributed by atoms with Gasteiger partial charge in [0.1, 0.15) is 5.82 Å². The van der Waals surface area contributed by atoms with Crippen molar-refractivity contribution < 1.29 is 27.5 Å². The van der Waals surface area contributed by atoms with Gasteiger partial charge in [0.2, 0.25) is 0 Å². The van der Waals surface area contributed by atoms with Gasteiger partial charge in [0.25, 0.3) is 0 Å². The minimum absolute atomic E-state index is 0.438. The molecule has 0 fully saturated rings. The second-order valence-corrected chi connectivity index (χ2v) is 4.29. The van der Waals surface area contributed by atoms with Crippen molar-refractivity contribution in [2.24, 2.45) is 5.92 Å². The molecule has 100 valence electrons. The van der Waals surface area contributed by atoms with Crippen LogP contribution >= 0.6 is 0 Å². The second kappa shape index (κ2) is 4.96. The average Bonchev–Trinajstić information content (AvgIpc) is 2.18. The summed E-state index contributed by atoms with van der Waals surface area (Å²) < 4.78 is 51.0. The summed E-state index contributed by atoms with van der Waals surface area (Å²) in [6, 6.07) is 1.81. The number of aliphatic carboxylic acids is 1. The van der Waals surface area contributed by atoms with Gasteiger partial charge in [0, 0.05) is 5.56 Å². The molecule has 0 spiro atoms. The molecular weight excluding hydrogens is 252 g/mol. The SMILES string of the molecule is CC(C)C(C(=O)O)c1cc(C(F)(F)F)ccc1F. The lowest BCUT2D eigenvalue weighted by atomic mass is 9.87. The fourth-order valence-electron chi connectivity index (χ4n) is 1.74. The van der Waals surface area contributed by atoms with E-state index in [-0.39, 0.29) is 0 Å². The number of halogens is 4. The van der Waals surface area contributed by atoms with Gasteiger partial charge in [-0.15, -0.1) is 0 Å². The zero-order valence-electron chi connectivity index (χ0n) is 9.75. The fraction of sp³-hybridized carbons (Fsp3) is 0.417. The molecule has 1 N–H and O–H groups in total. The van der Waals surface area contributed by atoms with E-state index in [0.717, 1.165) is 0 Å². The molecule has 2 nitrogen and oxygen atoms in total. The van der Waals surface area contributed by atoms with Crippen LogP contribution in [-0.4, -0.2) is 11.1 Å². The maximum absolute atomic E-state index is 13.5. The molecule has 0 aliphatic rings. The van der Waals surface area contributed by atoms with E-state index in [9.17, 15) is 22.4 Å². The highest BCUT2D eigenvalue weighted by Crippen LogP contribution is 2.34. The van der Waals surface area contributed by atoms with Gasteiger partial charge in [0.05, 0.1) is 11.5 Å². The van der Waals surface area contributed by atoms with E-state index >= 15 is 0 Å². The molecule has 6 heteroatoms. The Bertz CT molecular complexity index is 452. The van der Waals surface area contributed by atoms with E-state index in [1.54, 1.807) is 0 Å². The Kier molecular flexibility index (Phi) is 3.98. The van der Waals surface area contributed by atoms with Crippen molar-refractivity contribution in [1.82, 2.24) is 0 Å². The monoisotopic (exact) mass is 264 g/mol. The lowest BCUT2D eigenvalue weighted by molar-refractivity contribution is -0.141. The highest BCUT2D eigenvalue weighted by Gasteiger charge is 2.34. The summed E-state index contributed by atoms with van der Waals surface area (Å²) in [6.45, 7) is 3.02. The van der Waals surface area contributed by atoms with Crippen molar-refractivity contribution in [2.45, 2.75) is 25.9 Å². The Hall–Kier alpha value is -1.59. The summed E-state index contributed by atoms with van der Waals surface area (Å²) in [5.74, 6) is -4.10. The molecule has 0 aliphatic carbocycles. The molecule has 0 radical (unpaired) electrons. The maximum atomic E-state index is 13.5. The van der Waals surface area contributed by atoms with Crippen LogP contribution in [-0.2, 0) is 11.0 Å². The van der Waals surface area contributed by atoms with E-state index in [0.29, 0.717) is 18.2 Å². The molecule has 0 saturated carbocycles. The third-order valence-corrected chi connectivity index (χ3v) is 2.59. The summed E-state index contributed by atoms with van der Waals surface area (Å²) in [4.78, 5) is 11.0. The molecule has 1 rings (SSSR count). The van der Waals surface area contributed by atoms with Gasteiger partial charge < -0.3 is 5.11 Å². The zero-order valence-corrected chi connectivity index (χ0v) is 9.75. The fourth-order valence-corrected chi connectivity index (χ4v) is 1.74. The van der Waals surface area contributed by atoms with E-state index in [1.807, 2.05) is 0 Å². The van der Waals surface area contributed by atoms with Crippen LogP contribution in [0.5, 0.6) is 0 Å². The van der Waals surface area contributed by atoms with Crippen molar-refractivity contribution in [2.75, 3.05) is 0 Å². The predicted molar refractivity (Wildman–Crippen MR) is 56.6 cm³/mol. The number of alkyl halides is 3. The summed E-state index contributed by atoms with van der Waals surface area (Å²) in [5.41, 5.74) is -1.49. The summed E-state index contributed by atoms with van der Waals surface area (Å²) in [7, 11) is 0. The van der Waals surface area contributed by atoms with Crippen LogP contribution in [0.3, 0.4) is 0 Å². The third kappa shape index (κ3) is 3.00. The number of carbonyl (C=O) groups is 1. The molecule has 0 heterocycles. The minimum Gasteiger partial charge on any atom is -0.481 e. The van der Waals surface area contributed by atoms with Crippen LogP contribution < -0.4 is 0 Å². The molecule has 1 aromatic rings. The number of rotatable bonds is 3. The minimum atomic E-state index is -4.62. The van der Waals surface area contributed by atoms with Gasteiger partial charge in [-0.05, 0) is 24.1 Å². The van der Waals surface area contributed by atoms with Gasteiger partial charge in [-0.3, -0.25) is 4.79 Å². The number of carboxylic acid groups (broad SMARTS) is 1. The van der Waals surface area contributed by atoms with Crippen molar-refractivity contribution in [1.29, 1.82) is 0 Å². The highest BCUT2D eigenvalue weighted by atomic mass is 19.4. The van der Waals surface area contributed by atoms with Gasteiger partial charge in [0.15, 0.2) is 0 Å². The van der Waals surface area contributed by atoms with Crippen molar-refractivity contribution >= 4 is 5.97 Å². The molecule has 1 atom stereocenters. The first kappa shape index (κ1) is 14.5. The molecule has 0 saturated heterocycles. The third-order valence-electron chi connectivity index (χ3n) is 2.59.